The minimum Gasteiger partial charge on any atom is -0.494 e. The molecule has 34 heavy (non-hydrogen) atoms. The molecule has 0 saturated carbocycles. The van der Waals surface area contributed by atoms with Crippen molar-refractivity contribution in [2.75, 3.05) is 44.5 Å². The topological polar surface area (TPSA) is 69.3 Å². The second kappa shape index (κ2) is 9.35. The Balaban J connectivity index is 1.39. The van der Waals surface area contributed by atoms with E-state index in [1.165, 1.54) is 18.5 Å². The van der Waals surface area contributed by atoms with Gasteiger partial charge in [0.15, 0.2) is 0 Å². The van der Waals surface area contributed by atoms with Crippen LogP contribution in [0.5, 0.6) is 5.75 Å². The summed E-state index contributed by atoms with van der Waals surface area (Å²) in [6.45, 7) is 4.14. The number of nitrogens with zero attached hydrogens (tertiary/aromatic N) is 4. The SMILES string of the molecule is COc1cc(N2CCC(N(C)C)CC2)ccc1Nc1ncc(C)c(-c2c[nH]c3ccccc23)n1. The van der Waals surface area contributed by atoms with E-state index < -0.39 is 0 Å². The number of aryl methyl sites for hydroxylation is 1. The molecule has 1 aliphatic rings. The molecule has 2 aromatic heterocycles. The molecule has 0 aliphatic carbocycles. The summed E-state index contributed by atoms with van der Waals surface area (Å²) in [6.07, 6.45) is 6.22. The molecule has 0 spiro atoms. The second-order valence-electron chi connectivity index (χ2n) is 9.16. The lowest BCUT2D eigenvalue weighted by Crippen LogP contribution is -2.41. The molecule has 7 heteroatoms. The van der Waals surface area contributed by atoms with E-state index in [1.54, 1.807) is 7.11 Å². The van der Waals surface area contributed by atoms with E-state index in [2.05, 4.69) is 69.5 Å². The van der Waals surface area contributed by atoms with E-state index in [0.29, 0.717) is 12.0 Å². The molecule has 1 saturated heterocycles. The Morgan fingerprint density at radius 1 is 1.12 bits per heavy atom. The van der Waals surface area contributed by atoms with Crippen molar-refractivity contribution in [1.29, 1.82) is 0 Å². The van der Waals surface area contributed by atoms with Crippen LogP contribution in [0.15, 0.2) is 54.9 Å². The zero-order chi connectivity index (χ0) is 23.7. The number of methoxy groups -OCH3 is 1. The summed E-state index contributed by atoms with van der Waals surface area (Å²) < 4.78 is 5.73. The van der Waals surface area contributed by atoms with Crippen molar-refractivity contribution in [3.63, 3.8) is 0 Å². The van der Waals surface area contributed by atoms with Gasteiger partial charge in [-0.15, -0.1) is 0 Å². The molecule has 176 valence electrons. The first kappa shape index (κ1) is 22.2. The maximum Gasteiger partial charge on any atom is 0.227 e. The predicted molar refractivity (Wildman–Crippen MR) is 139 cm³/mol. The first-order valence-corrected chi connectivity index (χ1v) is 11.8. The molecule has 3 heterocycles. The average Bonchev–Trinajstić information content (AvgIpc) is 3.29. The predicted octanol–water partition coefficient (Wildman–Crippen LogP) is 5.22. The zero-order valence-electron chi connectivity index (χ0n) is 20.3. The second-order valence-corrected chi connectivity index (χ2v) is 9.16. The van der Waals surface area contributed by atoms with E-state index >= 15 is 0 Å². The number of piperidine rings is 1. The highest BCUT2D eigenvalue weighted by molar-refractivity contribution is 5.95. The Hall–Kier alpha value is -3.58. The van der Waals surface area contributed by atoms with E-state index in [9.17, 15) is 0 Å². The molecule has 4 aromatic rings. The molecule has 0 unspecified atom stereocenters. The Kier molecular flexibility index (Phi) is 6.11. The van der Waals surface area contributed by atoms with Gasteiger partial charge >= 0.3 is 0 Å². The zero-order valence-corrected chi connectivity index (χ0v) is 20.3. The van der Waals surface area contributed by atoms with E-state index in [4.69, 9.17) is 9.72 Å². The van der Waals surface area contributed by atoms with Crippen LogP contribution in [0.1, 0.15) is 18.4 Å². The van der Waals surface area contributed by atoms with Gasteiger partial charge in [-0.05, 0) is 57.6 Å². The normalized spacial score (nSPS) is 14.7. The van der Waals surface area contributed by atoms with Crippen molar-refractivity contribution < 1.29 is 4.74 Å². The summed E-state index contributed by atoms with van der Waals surface area (Å²) in [5, 5.41) is 4.52. The van der Waals surface area contributed by atoms with Crippen molar-refractivity contribution >= 4 is 28.2 Å². The minimum atomic E-state index is 0.545. The van der Waals surface area contributed by atoms with Gasteiger partial charge < -0.3 is 24.8 Å². The highest BCUT2D eigenvalue weighted by Crippen LogP contribution is 2.34. The molecule has 0 radical (unpaired) electrons. The van der Waals surface area contributed by atoms with Gasteiger partial charge in [-0.1, -0.05) is 18.2 Å². The van der Waals surface area contributed by atoms with Gasteiger partial charge in [-0.3, -0.25) is 0 Å². The number of hydrogen-bond acceptors (Lipinski definition) is 6. The van der Waals surface area contributed by atoms with Crippen LogP contribution >= 0.6 is 0 Å². The van der Waals surface area contributed by atoms with Crippen LogP contribution in [0.3, 0.4) is 0 Å². The Morgan fingerprint density at radius 3 is 2.68 bits per heavy atom. The molecule has 0 amide bonds. The Labute approximate surface area is 200 Å². The van der Waals surface area contributed by atoms with Gasteiger partial charge in [0.05, 0.1) is 18.5 Å². The van der Waals surface area contributed by atoms with Crippen molar-refractivity contribution in [3.05, 3.63) is 60.4 Å². The van der Waals surface area contributed by atoms with Crippen LogP contribution in [0.4, 0.5) is 17.3 Å². The standard InChI is InChI=1S/C27H32N6O/c1-18-16-29-27(31-26(18)22-17-28-23-8-6-5-7-21(22)23)30-24-10-9-20(15-25(24)34-4)33-13-11-19(12-14-33)32(2)3/h5-10,15-17,19,28H,11-14H2,1-4H3,(H,29,30,31). The molecule has 0 bridgehead atoms. The molecule has 1 fully saturated rings. The van der Waals surface area contributed by atoms with Crippen LogP contribution in [0, 0.1) is 6.92 Å². The molecular formula is C27H32N6O. The van der Waals surface area contributed by atoms with Gasteiger partial charge in [0, 0.05) is 59.7 Å². The number of H-pyrrole nitrogens is 1. The summed E-state index contributed by atoms with van der Waals surface area (Å²) in [5.74, 6) is 1.33. The monoisotopic (exact) mass is 456 g/mol. The number of para-hydroxylation sites is 1. The summed E-state index contributed by atoms with van der Waals surface area (Å²) in [7, 11) is 6.04. The van der Waals surface area contributed by atoms with Crippen LogP contribution < -0.4 is 15.0 Å². The average molecular weight is 457 g/mol. The lowest BCUT2D eigenvalue weighted by Gasteiger charge is -2.36. The number of aromatic amines is 1. The first-order valence-electron chi connectivity index (χ1n) is 11.8. The van der Waals surface area contributed by atoms with Crippen LogP contribution in [-0.4, -0.2) is 60.2 Å². The number of rotatable bonds is 6. The fourth-order valence-corrected chi connectivity index (χ4v) is 4.78. The van der Waals surface area contributed by atoms with Crippen molar-refractivity contribution in [3.8, 4) is 17.0 Å². The smallest absolute Gasteiger partial charge is 0.227 e. The summed E-state index contributed by atoms with van der Waals surface area (Å²) in [6, 6.07) is 15.2. The third-order valence-electron chi connectivity index (χ3n) is 6.81. The molecule has 2 N–H and O–H groups in total. The van der Waals surface area contributed by atoms with Crippen molar-refractivity contribution in [1.82, 2.24) is 19.9 Å². The van der Waals surface area contributed by atoms with E-state index in [-0.39, 0.29) is 0 Å². The van der Waals surface area contributed by atoms with Gasteiger partial charge in [-0.25, -0.2) is 9.97 Å². The molecule has 5 rings (SSSR count). The van der Waals surface area contributed by atoms with Gasteiger partial charge in [0.2, 0.25) is 5.95 Å². The molecule has 2 aromatic carbocycles. The summed E-state index contributed by atoms with van der Waals surface area (Å²) >= 11 is 0. The number of hydrogen-bond donors (Lipinski definition) is 2. The number of nitrogens with one attached hydrogen (secondary N) is 2. The van der Waals surface area contributed by atoms with Gasteiger partial charge in [0.25, 0.3) is 0 Å². The van der Waals surface area contributed by atoms with Crippen molar-refractivity contribution in [2.45, 2.75) is 25.8 Å². The summed E-state index contributed by atoms with van der Waals surface area (Å²) in [4.78, 5) is 17.5. The molecule has 0 atom stereocenters. The van der Waals surface area contributed by atoms with Crippen LogP contribution in [0.25, 0.3) is 22.2 Å². The lowest BCUT2D eigenvalue weighted by atomic mass is 10.0. The number of aromatic nitrogens is 3. The van der Waals surface area contributed by atoms with Crippen molar-refractivity contribution in [2.24, 2.45) is 0 Å². The Morgan fingerprint density at radius 2 is 1.91 bits per heavy atom. The third kappa shape index (κ3) is 4.31. The third-order valence-corrected chi connectivity index (χ3v) is 6.81. The largest absolute Gasteiger partial charge is 0.494 e. The number of ether oxygens (including phenoxy) is 1. The maximum atomic E-state index is 5.73. The molecule has 1 aliphatic heterocycles. The fourth-order valence-electron chi connectivity index (χ4n) is 4.78. The first-order chi connectivity index (χ1) is 16.5. The number of benzene rings is 2. The fraction of sp³-hybridized carbons (Fsp3) is 0.333. The quantitative estimate of drug-likeness (QED) is 0.415. The molecular weight excluding hydrogens is 424 g/mol. The van der Waals surface area contributed by atoms with Crippen LogP contribution in [0.2, 0.25) is 0 Å². The van der Waals surface area contributed by atoms with E-state index in [1.807, 2.05) is 31.5 Å². The highest BCUT2D eigenvalue weighted by Gasteiger charge is 2.21. The summed E-state index contributed by atoms with van der Waals surface area (Å²) in [5.41, 5.74) is 6.14. The number of fused-ring (bicyclic) bond motifs is 1. The van der Waals surface area contributed by atoms with Gasteiger partial charge in [-0.2, -0.15) is 0 Å². The van der Waals surface area contributed by atoms with Crippen LogP contribution in [-0.2, 0) is 0 Å². The molecule has 7 nitrogen and oxygen atoms in total. The highest BCUT2D eigenvalue weighted by atomic mass is 16.5. The maximum absolute atomic E-state index is 5.73. The van der Waals surface area contributed by atoms with E-state index in [0.717, 1.165) is 52.3 Å². The van der Waals surface area contributed by atoms with Gasteiger partial charge in [0.1, 0.15) is 5.75 Å². The minimum absolute atomic E-state index is 0.545. The Bertz CT molecular complexity index is 1290. The lowest BCUT2D eigenvalue weighted by molar-refractivity contribution is 0.249. The number of anilines is 3.